The van der Waals surface area contributed by atoms with Crippen LogP contribution in [0.3, 0.4) is 0 Å². The molecule has 18 atom stereocenters. The number of aromatic amines is 1. The van der Waals surface area contributed by atoms with Crippen LogP contribution in [0.4, 0.5) is 0 Å². The Bertz CT molecular complexity index is 4100. The molecule has 1 rings (SSSR count). The highest BCUT2D eigenvalue weighted by molar-refractivity contribution is 6.02. The molecule has 0 aliphatic heterocycles. The number of carbonyl (C=O) groups excluding carboxylic acids is 22. The molecule has 36 N–H and O–H groups in total. The smallest absolute Gasteiger partial charge is 0.326 e. The number of carboxylic acid groups (broad SMARTS) is 1. The molecule has 0 spiro atoms. The topological polar surface area (TPSA) is 935 Å². The molecule has 1 aromatic rings. The predicted octanol–water partition coefficient (Wildman–Crippen LogP) is -22.1. The standard InChI is InChI=1S/C72H119N25O34/c1-29(2)10-38(72(130)131)92-64(122)37(11-36-13-74-28-81-36)91-71(129)56(35(9)107)97-59(117)33(7)83-66(124)44(25-103)89-52(113)18-77-62(120)41(22-100)87-50(111)16-79-63(121)42(23-101)94-67(125)46(27-105)93-57(115)31(5)84-70(128)54(30(3)4)95-68(126)45(26-104)90-53(114)19-78-61(119)40(21-99)86-49(110)15-75-48(109)14-80-69(127)55(34(8)106)96-58(116)32(6)82-65(123)43(24-102)88-51(112)17-76-60(118)39(20-98)85-47(108)12-73/h13,28-35,37-46,54-56,98-107H,10-12,14-27,73H2,1-9H3,(H,74,81)(H,75,109)(H,76,118)(H,77,120)(H,78,119)(H,79,121)(H,80,127)(H,82,123)(H,83,124)(H,84,128)(H,85,108)(H,86,110)(H,87,111)(H,88,112)(H,89,113)(H,90,114)(H,91,129)(H,92,122)(H,93,115)(H,94,125)(H,95,126)(H,96,116)(H,97,117)(H,130,131)/t31-,32-,33-,34+,35+,37-,38-,39-,40-,41-,42-,43-,44-,45-,46-,54-,55-,56-/m0/s1. The minimum absolute atomic E-state index is 0.0211. The van der Waals surface area contributed by atoms with E-state index in [4.69, 9.17) is 5.73 Å². The number of carbonyl (C=O) groups is 23. The first-order valence-electron chi connectivity index (χ1n) is 40.1. The SMILES string of the molecule is CC(C)C[C@H](NC(=O)[C@H](Cc1c[nH]cn1)NC(=O)[C@@H](NC(=O)[C@H](C)NC(=O)[C@H](CO)NC(=O)CNC(=O)[C@H](CO)NC(=O)CNC(=O)[C@H](CO)NC(=O)[C@H](CO)NC(=O)[C@H](C)NC(=O)[C@@H](NC(=O)[C@H](CO)NC(=O)CNC(=O)[C@H](CO)NC(=O)CNC(=O)CNC(=O)[C@@H](NC(=O)[C@H](C)NC(=O)[C@H](CO)NC(=O)CNC(=O)[C@H](CO)NC(=O)CN)[C@@H](C)O)C(C)C)[C@@H](C)O)C(=O)O. The summed E-state index contributed by atoms with van der Waals surface area (Å²) in [6, 6.07) is -27.1. The molecule has 0 bridgehead atoms. The summed E-state index contributed by atoms with van der Waals surface area (Å²) >= 11 is 0. The number of aromatic nitrogens is 2. The number of carboxylic acids is 1. The van der Waals surface area contributed by atoms with Crippen LogP contribution < -0.4 is 123 Å². The molecule has 131 heavy (non-hydrogen) atoms. The van der Waals surface area contributed by atoms with E-state index in [0.717, 1.165) is 34.6 Å². The van der Waals surface area contributed by atoms with Crippen molar-refractivity contribution in [2.75, 3.05) is 98.7 Å². The lowest BCUT2D eigenvalue weighted by Crippen LogP contribution is -2.61. The molecule has 59 nitrogen and oxygen atoms in total. The van der Waals surface area contributed by atoms with E-state index < -0.39 is 349 Å². The van der Waals surface area contributed by atoms with Crippen molar-refractivity contribution in [3.8, 4) is 0 Å². The highest BCUT2D eigenvalue weighted by atomic mass is 16.4. The maximum Gasteiger partial charge on any atom is 0.326 e. The van der Waals surface area contributed by atoms with Gasteiger partial charge in [-0.1, -0.05) is 27.7 Å². The first-order valence-corrected chi connectivity index (χ1v) is 40.1. The summed E-state index contributed by atoms with van der Waals surface area (Å²) in [4.78, 5) is 303. The molecule has 736 valence electrons. The number of aliphatic hydroxyl groups excluding tert-OH is 10. The van der Waals surface area contributed by atoms with E-state index in [1.807, 2.05) is 31.9 Å². The molecular weight excluding hydrogens is 1760 g/mol. The molecule has 0 unspecified atom stereocenters. The van der Waals surface area contributed by atoms with Crippen LogP contribution in [-0.2, 0) is 117 Å². The number of nitrogens with zero attached hydrogens (tertiary/aromatic N) is 1. The van der Waals surface area contributed by atoms with Gasteiger partial charge in [0.2, 0.25) is 130 Å². The number of imidazole rings is 1. The number of rotatable bonds is 60. The largest absolute Gasteiger partial charge is 0.480 e. The zero-order valence-electron chi connectivity index (χ0n) is 72.6. The lowest BCUT2D eigenvalue weighted by Gasteiger charge is -2.27. The third kappa shape index (κ3) is 42.6. The van der Waals surface area contributed by atoms with Crippen LogP contribution in [0, 0.1) is 11.8 Å². The van der Waals surface area contributed by atoms with Gasteiger partial charge in [0, 0.05) is 12.6 Å². The van der Waals surface area contributed by atoms with Crippen LogP contribution in [0.2, 0.25) is 0 Å². The average Bonchev–Trinajstić information content (AvgIpc) is 1.67. The van der Waals surface area contributed by atoms with Gasteiger partial charge < -0.3 is 184 Å². The maximum atomic E-state index is 13.5. The summed E-state index contributed by atoms with van der Waals surface area (Å²) < 4.78 is 0. The zero-order valence-corrected chi connectivity index (χ0v) is 72.6. The molecule has 1 heterocycles. The Labute approximate surface area is 745 Å². The second-order valence-corrected chi connectivity index (χ2v) is 29.6. The van der Waals surface area contributed by atoms with Gasteiger partial charge in [-0.15, -0.1) is 0 Å². The molecule has 0 aliphatic rings. The van der Waals surface area contributed by atoms with Gasteiger partial charge in [-0.05, 0) is 52.9 Å². The van der Waals surface area contributed by atoms with Crippen LogP contribution >= 0.6 is 0 Å². The highest BCUT2D eigenvalue weighted by Crippen LogP contribution is 2.10. The summed E-state index contributed by atoms with van der Waals surface area (Å²) in [5.74, 6) is -27.3. The highest BCUT2D eigenvalue weighted by Gasteiger charge is 2.38. The summed E-state index contributed by atoms with van der Waals surface area (Å²) in [5.41, 5.74) is 5.41. The number of nitrogens with two attached hydrogens (primary N) is 1. The van der Waals surface area contributed by atoms with E-state index >= 15 is 0 Å². The lowest BCUT2D eigenvalue weighted by molar-refractivity contribution is -0.143. The van der Waals surface area contributed by atoms with Crippen LogP contribution in [-0.4, -0.2) is 410 Å². The van der Waals surface area contributed by atoms with Gasteiger partial charge in [0.15, 0.2) is 0 Å². The number of hydrogen-bond acceptors (Lipinski definition) is 35. The van der Waals surface area contributed by atoms with Gasteiger partial charge in [0.25, 0.3) is 0 Å². The Morgan fingerprint density at radius 2 is 0.557 bits per heavy atom. The fourth-order valence-corrected chi connectivity index (χ4v) is 10.6. The van der Waals surface area contributed by atoms with Crippen molar-refractivity contribution in [2.45, 2.75) is 184 Å². The maximum absolute atomic E-state index is 13.5. The molecule has 1 aromatic heterocycles. The van der Waals surface area contributed by atoms with Crippen molar-refractivity contribution in [2.24, 2.45) is 17.6 Å². The fraction of sp³-hybridized carbons (Fsp3) is 0.639. The number of amides is 22. The quantitative estimate of drug-likeness (QED) is 0.0288. The third-order valence-corrected chi connectivity index (χ3v) is 17.9. The number of nitrogens with one attached hydrogen (secondary N) is 23. The number of aliphatic hydroxyl groups is 10. The van der Waals surface area contributed by atoms with Gasteiger partial charge in [-0.25, -0.2) is 9.78 Å². The summed E-state index contributed by atoms with van der Waals surface area (Å²) in [6.07, 6.45) is -0.904. The Morgan fingerprint density at radius 1 is 0.298 bits per heavy atom. The molecule has 22 amide bonds. The van der Waals surface area contributed by atoms with Crippen LogP contribution in [0.15, 0.2) is 12.5 Å². The third-order valence-electron chi connectivity index (χ3n) is 17.9. The fourth-order valence-electron chi connectivity index (χ4n) is 10.6. The summed E-state index contributed by atoms with van der Waals surface area (Å²) in [5, 5.41) is 156. The van der Waals surface area contributed by atoms with Crippen molar-refractivity contribution < 1.29 is 166 Å². The molecule has 0 saturated heterocycles. The molecule has 0 saturated carbocycles. The molecule has 59 heteroatoms. The van der Waals surface area contributed by atoms with Gasteiger partial charge in [0.1, 0.15) is 96.7 Å². The zero-order chi connectivity index (χ0) is 99.8. The number of aliphatic carboxylic acids is 1. The number of H-pyrrole nitrogens is 1. The van der Waals surface area contributed by atoms with E-state index in [2.05, 4.69) is 95.0 Å². The van der Waals surface area contributed by atoms with Crippen molar-refractivity contribution in [1.82, 2.24) is 127 Å². The van der Waals surface area contributed by atoms with Gasteiger partial charge >= 0.3 is 5.97 Å². The second kappa shape index (κ2) is 59.7. The molecule has 0 fully saturated rings. The van der Waals surface area contributed by atoms with E-state index in [-0.39, 0.29) is 24.5 Å². The van der Waals surface area contributed by atoms with E-state index in [0.29, 0.717) is 0 Å². The van der Waals surface area contributed by atoms with Crippen LogP contribution in [0.5, 0.6) is 0 Å². The summed E-state index contributed by atoms with van der Waals surface area (Å²) in [6.45, 7) is -3.24. The molecule has 0 radical (unpaired) electrons. The molecule has 0 aromatic carbocycles. The van der Waals surface area contributed by atoms with E-state index in [1.54, 1.807) is 13.8 Å². The van der Waals surface area contributed by atoms with Crippen molar-refractivity contribution in [3.63, 3.8) is 0 Å². The van der Waals surface area contributed by atoms with Crippen LogP contribution in [0.1, 0.15) is 74.4 Å². The van der Waals surface area contributed by atoms with Gasteiger partial charge in [-0.2, -0.15) is 0 Å². The second-order valence-electron chi connectivity index (χ2n) is 29.6. The first kappa shape index (κ1) is 116. The first-order chi connectivity index (χ1) is 61.5. The Hall–Kier alpha value is -13.4. The Morgan fingerprint density at radius 3 is 0.893 bits per heavy atom. The average molecular weight is 1880 g/mol. The minimum atomic E-state index is -1.93. The Kier molecular flexibility index (Phi) is 52.6. The number of hydrogen-bond donors (Lipinski definition) is 35. The Balaban J connectivity index is 2.77. The van der Waals surface area contributed by atoms with Crippen molar-refractivity contribution in [3.05, 3.63) is 18.2 Å². The van der Waals surface area contributed by atoms with E-state index in [1.165, 1.54) is 26.4 Å². The minimum Gasteiger partial charge on any atom is -0.480 e. The normalized spacial score (nSPS) is 15.1. The van der Waals surface area contributed by atoms with E-state index in [9.17, 15) is 166 Å². The van der Waals surface area contributed by atoms with Crippen molar-refractivity contribution in [1.29, 1.82) is 0 Å². The van der Waals surface area contributed by atoms with Crippen molar-refractivity contribution >= 4 is 136 Å². The predicted molar refractivity (Wildman–Crippen MR) is 439 cm³/mol. The van der Waals surface area contributed by atoms with Crippen LogP contribution in [0.25, 0.3) is 0 Å². The lowest BCUT2D eigenvalue weighted by atomic mass is 10.0. The van der Waals surface area contributed by atoms with Gasteiger partial charge in [0.05, 0.1) is 123 Å². The van der Waals surface area contributed by atoms with Gasteiger partial charge in [-0.3, -0.25) is 105 Å². The summed E-state index contributed by atoms with van der Waals surface area (Å²) in [7, 11) is 0. The monoisotopic (exact) mass is 1880 g/mol. The molecular formula is C72H119N25O34. The molecule has 0 aliphatic carbocycles.